The van der Waals surface area contributed by atoms with Crippen molar-refractivity contribution < 1.29 is 13.9 Å². The minimum Gasteiger partial charge on any atom is -0.455 e. The number of aromatic nitrogens is 3. The zero-order valence-corrected chi connectivity index (χ0v) is 29.1. The van der Waals surface area contributed by atoms with Crippen molar-refractivity contribution in [3.8, 4) is 68.3 Å². The molecule has 0 fully saturated rings. The molecule has 6 nitrogen and oxygen atoms in total. The summed E-state index contributed by atoms with van der Waals surface area (Å²) in [5, 5.41) is 2.09. The van der Waals surface area contributed by atoms with Gasteiger partial charge in [-0.25, -0.2) is 15.0 Å². The molecule has 0 saturated carbocycles. The summed E-state index contributed by atoms with van der Waals surface area (Å²) in [5.41, 5.74) is 10.4. The van der Waals surface area contributed by atoms with Crippen LogP contribution in [0.2, 0.25) is 0 Å². The number of para-hydroxylation sites is 3. The molecule has 0 N–H and O–H groups in total. The van der Waals surface area contributed by atoms with E-state index in [1.54, 1.807) is 0 Å². The van der Waals surface area contributed by atoms with Crippen LogP contribution in [-0.2, 0) is 6.42 Å². The van der Waals surface area contributed by atoms with E-state index in [0.717, 1.165) is 74.5 Å². The summed E-state index contributed by atoms with van der Waals surface area (Å²) in [6.07, 6.45) is 1.75. The molecule has 11 rings (SSSR count). The Morgan fingerprint density at radius 2 is 1.15 bits per heavy atom. The lowest BCUT2D eigenvalue weighted by Crippen LogP contribution is -2.03. The summed E-state index contributed by atoms with van der Waals surface area (Å²) in [7, 11) is 0. The zero-order valence-electron chi connectivity index (χ0n) is 29.1. The summed E-state index contributed by atoms with van der Waals surface area (Å²) < 4.78 is 19.5. The van der Waals surface area contributed by atoms with Crippen LogP contribution in [0.4, 0.5) is 0 Å². The Bertz CT molecular complexity index is 2840. The molecule has 0 bridgehead atoms. The SMILES string of the molecule is c1ccc(-c2nc(-c3ccccc3)nc(-c3cccc4c3oc3ccc(C5CCc6c(ccc7c6Oc6ccccc6O7)-c6ccccc65)cc34)n2)cc1. The van der Waals surface area contributed by atoms with E-state index in [9.17, 15) is 0 Å². The summed E-state index contributed by atoms with van der Waals surface area (Å²) in [5.74, 6) is 5.02. The zero-order chi connectivity index (χ0) is 35.6. The van der Waals surface area contributed by atoms with E-state index in [0.29, 0.717) is 17.5 Å². The Labute approximate surface area is 311 Å². The van der Waals surface area contributed by atoms with Crippen molar-refractivity contribution in [3.63, 3.8) is 0 Å². The Morgan fingerprint density at radius 1 is 0.481 bits per heavy atom. The number of furan rings is 1. The molecule has 0 saturated heterocycles. The first-order chi connectivity index (χ1) is 26.7. The predicted molar refractivity (Wildman–Crippen MR) is 212 cm³/mol. The summed E-state index contributed by atoms with van der Waals surface area (Å²) in [6, 6.07) is 53.8. The van der Waals surface area contributed by atoms with Crippen molar-refractivity contribution >= 4 is 21.9 Å². The standard InChI is InChI=1S/C48H31N3O3/c1-3-12-29(13-4-1)46-49-47(30-14-5-2-6-15-30)51-48(50-46)38-19-11-18-36-39-28-31(22-26-40(39)53-44(36)38)32-23-24-37-35(34-17-8-7-16-33(32)34)25-27-43-45(37)54-42-21-10-9-20-41(42)52-43/h1-22,25-28,32H,23-24H2. The van der Waals surface area contributed by atoms with Gasteiger partial charge in [-0.3, -0.25) is 0 Å². The minimum absolute atomic E-state index is 0.156. The van der Waals surface area contributed by atoms with Gasteiger partial charge in [-0.15, -0.1) is 0 Å². The average molecular weight is 698 g/mol. The topological polar surface area (TPSA) is 70.3 Å². The van der Waals surface area contributed by atoms with Gasteiger partial charge in [0.1, 0.15) is 11.2 Å². The molecule has 1 atom stereocenters. The molecule has 1 aliphatic heterocycles. The Hall–Kier alpha value is -7.05. The summed E-state index contributed by atoms with van der Waals surface area (Å²) >= 11 is 0. The first-order valence-electron chi connectivity index (χ1n) is 18.3. The van der Waals surface area contributed by atoms with Crippen LogP contribution in [0.25, 0.3) is 67.2 Å². The van der Waals surface area contributed by atoms with Crippen LogP contribution in [0.15, 0.2) is 162 Å². The van der Waals surface area contributed by atoms with E-state index in [4.69, 9.17) is 28.8 Å². The van der Waals surface area contributed by atoms with Gasteiger partial charge >= 0.3 is 0 Å². The average Bonchev–Trinajstić information content (AvgIpc) is 3.53. The fourth-order valence-corrected chi connectivity index (χ4v) is 8.12. The van der Waals surface area contributed by atoms with Crippen molar-refractivity contribution in [1.82, 2.24) is 15.0 Å². The molecule has 9 aromatic rings. The highest BCUT2D eigenvalue weighted by Gasteiger charge is 2.30. The lowest BCUT2D eigenvalue weighted by Gasteiger charge is -2.24. The van der Waals surface area contributed by atoms with Gasteiger partial charge in [-0.05, 0) is 71.5 Å². The second-order valence-electron chi connectivity index (χ2n) is 13.8. The van der Waals surface area contributed by atoms with Crippen LogP contribution in [0.5, 0.6) is 23.0 Å². The Balaban J connectivity index is 1.02. The Kier molecular flexibility index (Phi) is 6.95. The maximum atomic E-state index is 6.68. The number of ether oxygens (including phenoxy) is 2. The third-order valence-electron chi connectivity index (χ3n) is 10.7. The smallest absolute Gasteiger partial charge is 0.173 e. The van der Waals surface area contributed by atoms with E-state index < -0.39 is 0 Å². The maximum absolute atomic E-state index is 6.68. The van der Waals surface area contributed by atoms with Gasteiger partial charge in [-0.1, -0.05) is 121 Å². The van der Waals surface area contributed by atoms with Gasteiger partial charge in [0.15, 0.2) is 40.5 Å². The van der Waals surface area contributed by atoms with Crippen molar-refractivity contribution in [2.24, 2.45) is 0 Å². The van der Waals surface area contributed by atoms with Crippen molar-refractivity contribution in [3.05, 3.63) is 174 Å². The first kappa shape index (κ1) is 30.6. The van der Waals surface area contributed by atoms with E-state index in [-0.39, 0.29) is 5.92 Å². The summed E-state index contributed by atoms with van der Waals surface area (Å²) in [4.78, 5) is 14.9. The fourth-order valence-electron chi connectivity index (χ4n) is 8.12. The van der Waals surface area contributed by atoms with Crippen LogP contribution in [0.1, 0.15) is 29.0 Å². The molecule has 6 heteroatoms. The molecule has 2 aromatic heterocycles. The molecule has 1 aliphatic carbocycles. The monoisotopic (exact) mass is 697 g/mol. The highest BCUT2D eigenvalue weighted by atomic mass is 16.6. The van der Waals surface area contributed by atoms with Crippen molar-refractivity contribution in [1.29, 1.82) is 0 Å². The lowest BCUT2D eigenvalue weighted by molar-refractivity contribution is 0.356. The van der Waals surface area contributed by atoms with Crippen LogP contribution < -0.4 is 9.47 Å². The van der Waals surface area contributed by atoms with Crippen LogP contribution in [-0.4, -0.2) is 15.0 Å². The van der Waals surface area contributed by atoms with Crippen LogP contribution in [0.3, 0.4) is 0 Å². The van der Waals surface area contributed by atoms with Gasteiger partial charge in [0.05, 0.1) is 5.56 Å². The van der Waals surface area contributed by atoms with E-state index >= 15 is 0 Å². The quantitative estimate of drug-likeness (QED) is 0.182. The largest absolute Gasteiger partial charge is 0.455 e. The normalized spacial score (nSPS) is 14.3. The molecule has 0 radical (unpaired) electrons. The van der Waals surface area contributed by atoms with Crippen LogP contribution in [0, 0.1) is 0 Å². The number of hydrogen-bond acceptors (Lipinski definition) is 6. The van der Waals surface area contributed by atoms with E-state index in [1.807, 2.05) is 97.1 Å². The second-order valence-corrected chi connectivity index (χ2v) is 13.8. The molecule has 0 spiro atoms. The highest BCUT2D eigenvalue weighted by Crippen LogP contribution is 2.52. The number of fused-ring (bicyclic) bond motifs is 9. The van der Waals surface area contributed by atoms with E-state index in [2.05, 4.69) is 60.7 Å². The minimum atomic E-state index is 0.156. The molecule has 1 unspecified atom stereocenters. The predicted octanol–water partition coefficient (Wildman–Crippen LogP) is 12.4. The molecule has 0 amide bonds. The molecule has 54 heavy (non-hydrogen) atoms. The maximum Gasteiger partial charge on any atom is 0.173 e. The van der Waals surface area contributed by atoms with Crippen molar-refractivity contribution in [2.45, 2.75) is 18.8 Å². The van der Waals surface area contributed by atoms with Gasteiger partial charge in [-0.2, -0.15) is 0 Å². The van der Waals surface area contributed by atoms with Crippen LogP contribution >= 0.6 is 0 Å². The molecular weight excluding hydrogens is 667 g/mol. The number of rotatable bonds is 4. The lowest BCUT2D eigenvalue weighted by atomic mass is 9.85. The molecule has 3 heterocycles. The number of benzene rings is 7. The third kappa shape index (κ3) is 4.99. The first-order valence-corrected chi connectivity index (χ1v) is 18.3. The number of nitrogens with zero attached hydrogens (tertiary/aromatic N) is 3. The Morgan fingerprint density at radius 3 is 1.93 bits per heavy atom. The fraction of sp³-hybridized carbons (Fsp3) is 0.0625. The van der Waals surface area contributed by atoms with Gasteiger partial charge in [0.25, 0.3) is 0 Å². The molecular formula is C48H31N3O3. The third-order valence-corrected chi connectivity index (χ3v) is 10.7. The highest BCUT2D eigenvalue weighted by molar-refractivity contribution is 6.09. The van der Waals surface area contributed by atoms with Gasteiger partial charge in [0, 0.05) is 33.4 Å². The van der Waals surface area contributed by atoms with Gasteiger partial charge < -0.3 is 13.9 Å². The number of hydrogen-bond donors (Lipinski definition) is 0. The van der Waals surface area contributed by atoms with E-state index in [1.165, 1.54) is 27.8 Å². The molecule has 7 aromatic carbocycles. The summed E-state index contributed by atoms with van der Waals surface area (Å²) in [6.45, 7) is 0. The van der Waals surface area contributed by atoms with Gasteiger partial charge in [0.2, 0.25) is 0 Å². The molecule has 2 aliphatic rings. The van der Waals surface area contributed by atoms with Crippen molar-refractivity contribution in [2.75, 3.05) is 0 Å². The molecule has 256 valence electrons. The second kappa shape index (κ2) is 12.3.